The van der Waals surface area contributed by atoms with Gasteiger partial charge in [-0.1, -0.05) is 5.16 Å². The molecule has 2 N–H and O–H groups in total. The minimum absolute atomic E-state index is 0.506. The number of hydrogen-bond donors (Lipinski definition) is 1. The van der Waals surface area contributed by atoms with Crippen LogP contribution >= 0.6 is 11.8 Å². The quantitative estimate of drug-likeness (QED) is 0.816. The van der Waals surface area contributed by atoms with Gasteiger partial charge in [-0.2, -0.15) is 16.7 Å². The number of thioether (sulfide) groups is 1. The van der Waals surface area contributed by atoms with Crippen molar-refractivity contribution < 1.29 is 4.52 Å². The standard InChI is InChI=1S/C9H15N3OS/c10-4-1-8-11-9(12-13-8)7-2-5-14-6-3-7/h7H,1-6,10H2. The maximum absolute atomic E-state index is 5.42. The minimum atomic E-state index is 0.506. The molecule has 0 radical (unpaired) electrons. The van der Waals surface area contributed by atoms with Crippen LogP contribution in [0.1, 0.15) is 30.5 Å². The molecule has 0 spiro atoms. The number of rotatable bonds is 3. The highest BCUT2D eigenvalue weighted by Gasteiger charge is 2.20. The molecular weight excluding hydrogens is 198 g/mol. The highest BCUT2D eigenvalue weighted by atomic mass is 32.2. The topological polar surface area (TPSA) is 64.9 Å². The lowest BCUT2D eigenvalue weighted by atomic mass is 10.0. The van der Waals surface area contributed by atoms with Gasteiger partial charge in [0.2, 0.25) is 5.89 Å². The molecule has 1 aromatic rings. The van der Waals surface area contributed by atoms with Gasteiger partial charge in [0.15, 0.2) is 5.82 Å². The van der Waals surface area contributed by atoms with Crippen LogP contribution in [-0.2, 0) is 6.42 Å². The third kappa shape index (κ3) is 2.27. The number of aromatic nitrogens is 2. The van der Waals surface area contributed by atoms with Gasteiger partial charge in [-0.25, -0.2) is 0 Å². The summed E-state index contributed by atoms with van der Waals surface area (Å²) in [5.41, 5.74) is 5.42. The summed E-state index contributed by atoms with van der Waals surface area (Å²) in [5.74, 6) is 4.50. The molecule has 0 aromatic carbocycles. The van der Waals surface area contributed by atoms with Crippen LogP contribution in [-0.4, -0.2) is 28.2 Å². The van der Waals surface area contributed by atoms with Crippen molar-refractivity contribution in [2.45, 2.75) is 25.2 Å². The minimum Gasteiger partial charge on any atom is -0.339 e. The van der Waals surface area contributed by atoms with Gasteiger partial charge in [0, 0.05) is 18.9 Å². The molecule has 5 heteroatoms. The third-order valence-corrected chi connectivity index (χ3v) is 3.48. The largest absolute Gasteiger partial charge is 0.339 e. The van der Waals surface area contributed by atoms with E-state index in [1.165, 1.54) is 24.3 Å². The Labute approximate surface area is 87.6 Å². The van der Waals surface area contributed by atoms with Crippen molar-refractivity contribution in [2.24, 2.45) is 5.73 Å². The molecule has 78 valence electrons. The normalized spacial score (nSPS) is 18.6. The molecule has 1 aromatic heterocycles. The summed E-state index contributed by atoms with van der Waals surface area (Å²) in [7, 11) is 0. The van der Waals surface area contributed by atoms with E-state index < -0.39 is 0 Å². The van der Waals surface area contributed by atoms with Crippen LogP contribution in [0.3, 0.4) is 0 Å². The molecule has 14 heavy (non-hydrogen) atoms. The first-order chi connectivity index (χ1) is 6.90. The molecule has 1 aliphatic heterocycles. The first kappa shape index (κ1) is 9.98. The second-order valence-electron chi connectivity index (χ2n) is 3.47. The summed E-state index contributed by atoms with van der Waals surface area (Å²) in [4.78, 5) is 4.36. The van der Waals surface area contributed by atoms with Gasteiger partial charge in [0.05, 0.1) is 0 Å². The summed E-state index contributed by atoms with van der Waals surface area (Å²) in [5, 5.41) is 4.01. The van der Waals surface area contributed by atoms with E-state index in [1.807, 2.05) is 11.8 Å². The number of nitrogens with two attached hydrogens (primary N) is 1. The molecule has 1 saturated heterocycles. The second kappa shape index (κ2) is 4.79. The van der Waals surface area contributed by atoms with E-state index in [9.17, 15) is 0 Å². The lowest BCUT2D eigenvalue weighted by molar-refractivity contribution is 0.369. The van der Waals surface area contributed by atoms with Crippen LogP contribution in [0.15, 0.2) is 4.52 Å². The molecule has 2 heterocycles. The summed E-state index contributed by atoms with van der Waals surface area (Å²) in [6.07, 6.45) is 3.03. The molecule has 0 aliphatic carbocycles. The summed E-state index contributed by atoms with van der Waals surface area (Å²) in [6, 6.07) is 0. The lowest BCUT2D eigenvalue weighted by Crippen LogP contribution is -2.09. The van der Waals surface area contributed by atoms with Crippen molar-refractivity contribution in [2.75, 3.05) is 18.1 Å². The maximum atomic E-state index is 5.42. The Morgan fingerprint density at radius 3 is 2.93 bits per heavy atom. The lowest BCUT2D eigenvalue weighted by Gasteiger charge is -2.17. The van der Waals surface area contributed by atoms with E-state index in [1.54, 1.807) is 0 Å². The van der Waals surface area contributed by atoms with Crippen molar-refractivity contribution in [3.8, 4) is 0 Å². The summed E-state index contributed by atoms with van der Waals surface area (Å²) in [6.45, 7) is 0.572. The van der Waals surface area contributed by atoms with Gasteiger partial charge >= 0.3 is 0 Å². The zero-order valence-electron chi connectivity index (χ0n) is 8.11. The Hall–Kier alpha value is -0.550. The fraction of sp³-hybridized carbons (Fsp3) is 0.778. The fourth-order valence-corrected chi connectivity index (χ4v) is 2.72. The molecular formula is C9H15N3OS. The average Bonchev–Trinajstić information content (AvgIpc) is 2.68. The van der Waals surface area contributed by atoms with E-state index in [2.05, 4.69) is 10.1 Å². The molecule has 2 rings (SSSR count). The van der Waals surface area contributed by atoms with Gasteiger partial charge in [-0.05, 0) is 24.3 Å². The van der Waals surface area contributed by atoms with Crippen LogP contribution in [0.25, 0.3) is 0 Å². The maximum Gasteiger partial charge on any atom is 0.227 e. The monoisotopic (exact) mass is 213 g/mol. The Bertz CT molecular complexity index is 283. The molecule has 0 unspecified atom stereocenters. The van der Waals surface area contributed by atoms with E-state index in [-0.39, 0.29) is 0 Å². The van der Waals surface area contributed by atoms with E-state index in [4.69, 9.17) is 10.3 Å². The number of nitrogens with zero attached hydrogens (tertiary/aromatic N) is 2. The molecule has 1 fully saturated rings. The van der Waals surface area contributed by atoms with Crippen molar-refractivity contribution in [1.29, 1.82) is 0 Å². The van der Waals surface area contributed by atoms with Crippen LogP contribution in [0.4, 0.5) is 0 Å². The Kier molecular flexibility index (Phi) is 3.42. The van der Waals surface area contributed by atoms with Gasteiger partial charge < -0.3 is 10.3 Å². The second-order valence-corrected chi connectivity index (χ2v) is 4.70. The van der Waals surface area contributed by atoms with Crippen LogP contribution in [0.5, 0.6) is 0 Å². The van der Waals surface area contributed by atoms with Crippen LogP contribution in [0.2, 0.25) is 0 Å². The first-order valence-electron chi connectivity index (χ1n) is 5.00. The highest BCUT2D eigenvalue weighted by Crippen LogP contribution is 2.29. The highest BCUT2D eigenvalue weighted by molar-refractivity contribution is 7.99. The van der Waals surface area contributed by atoms with Gasteiger partial charge in [0.25, 0.3) is 0 Å². The van der Waals surface area contributed by atoms with Crippen LogP contribution < -0.4 is 5.73 Å². The zero-order valence-corrected chi connectivity index (χ0v) is 8.92. The SMILES string of the molecule is NCCc1nc(C2CCSCC2)no1. The van der Waals surface area contributed by atoms with Crippen LogP contribution in [0, 0.1) is 0 Å². The van der Waals surface area contributed by atoms with E-state index in [0.717, 1.165) is 5.82 Å². The Balaban J connectivity index is 2.00. The number of hydrogen-bond acceptors (Lipinski definition) is 5. The zero-order chi connectivity index (χ0) is 9.80. The Morgan fingerprint density at radius 2 is 2.21 bits per heavy atom. The smallest absolute Gasteiger partial charge is 0.227 e. The molecule has 0 bridgehead atoms. The summed E-state index contributed by atoms with van der Waals surface area (Å²) < 4.78 is 5.11. The predicted octanol–water partition coefficient (Wildman–Crippen LogP) is 1.18. The molecule has 0 amide bonds. The van der Waals surface area contributed by atoms with Crippen molar-refractivity contribution >= 4 is 11.8 Å². The molecule has 4 nitrogen and oxygen atoms in total. The molecule has 0 saturated carbocycles. The van der Waals surface area contributed by atoms with Crippen molar-refractivity contribution in [1.82, 2.24) is 10.1 Å². The fourth-order valence-electron chi connectivity index (χ4n) is 1.61. The van der Waals surface area contributed by atoms with E-state index in [0.29, 0.717) is 24.8 Å². The van der Waals surface area contributed by atoms with Gasteiger partial charge in [-0.15, -0.1) is 0 Å². The van der Waals surface area contributed by atoms with E-state index >= 15 is 0 Å². The van der Waals surface area contributed by atoms with Crippen molar-refractivity contribution in [3.63, 3.8) is 0 Å². The Morgan fingerprint density at radius 1 is 1.43 bits per heavy atom. The van der Waals surface area contributed by atoms with Gasteiger partial charge in [-0.3, -0.25) is 0 Å². The molecule has 0 atom stereocenters. The average molecular weight is 213 g/mol. The van der Waals surface area contributed by atoms with Gasteiger partial charge in [0.1, 0.15) is 0 Å². The molecule has 1 aliphatic rings. The van der Waals surface area contributed by atoms with Crippen molar-refractivity contribution in [3.05, 3.63) is 11.7 Å². The summed E-state index contributed by atoms with van der Waals surface area (Å²) >= 11 is 2.00. The third-order valence-electron chi connectivity index (χ3n) is 2.43. The first-order valence-corrected chi connectivity index (χ1v) is 6.16. The predicted molar refractivity (Wildman–Crippen MR) is 56.4 cm³/mol.